The van der Waals surface area contributed by atoms with Crippen molar-refractivity contribution in [2.24, 2.45) is 5.73 Å². The first kappa shape index (κ1) is 10.3. The quantitative estimate of drug-likeness (QED) is 0.316. The standard InChI is InChI=1S/C4H10ClN2OPS/c1-9(8,2-5)3-10-4(6)7/h2-3H2,1H3,(H3,6,7)/t9-/m0/s1. The molecule has 3 N–H and O–H groups in total. The molecular weight excluding hydrogens is 191 g/mol. The molecule has 0 rings (SSSR count). The molecule has 0 aliphatic rings. The van der Waals surface area contributed by atoms with Crippen LogP contribution in [0.3, 0.4) is 0 Å². The van der Waals surface area contributed by atoms with Gasteiger partial charge in [-0.25, -0.2) is 0 Å². The lowest BCUT2D eigenvalue weighted by Crippen LogP contribution is -2.04. The predicted molar refractivity (Wildman–Crippen MR) is 48.6 cm³/mol. The molecule has 0 unspecified atom stereocenters. The van der Waals surface area contributed by atoms with Crippen molar-refractivity contribution in [3.05, 3.63) is 0 Å². The van der Waals surface area contributed by atoms with Crippen molar-refractivity contribution >= 4 is 35.7 Å². The van der Waals surface area contributed by atoms with Gasteiger partial charge in [0.1, 0.15) is 7.14 Å². The van der Waals surface area contributed by atoms with Crippen molar-refractivity contribution in [3.8, 4) is 0 Å². The number of nitrogens with one attached hydrogen (secondary N) is 1. The van der Waals surface area contributed by atoms with Crippen LogP contribution in [0.4, 0.5) is 0 Å². The Morgan fingerprint density at radius 2 is 2.40 bits per heavy atom. The van der Waals surface area contributed by atoms with E-state index in [0.29, 0.717) is 5.49 Å². The number of thioether (sulfide) groups is 1. The number of alkyl halides is 1. The summed E-state index contributed by atoms with van der Waals surface area (Å²) < 4.78 is 11.2. The molecule has 0 bridgehead atoms. The maximum atomic E-state index is 11.2. The average Bonchev–Trinajstić information content (AvgIpc) is 1.85. The molecule has 0 heterocycles. The first-order valence-corrected chi connectivity index (χ1v) is 6.61. The fourth-order valence-electron chi connectivity index (χ4n) is 0.241. The van der Waals surface area contributed by atoms with Gasteiger partial charge in [-0.1, -0.05) is 11.8 Å². The summed E-state index contributed by atoms with van der Waals surface area (Å²) >= 11 is 6.47. The van der Waals surface area contributed by atoms with Crippen LogP contribution >= 0.6 is 30.5 Å². The second-order valence-corrected chi connectivity index (χ2v) is 7.37. The van der Waals surface area contributed by atoms with E-state index >= 15 is 0 Å². The van der Waals surface area contributed by atoms with Gasteiger partial charge in [-0.2, -0.15) is 0 Å². The van der Waals surface area contributed by atoms with Crippen molar-refractivity contribution < 1.29 is 4.57 Å². The summed E-state index contributed by atoms with van der Waals surface area (Å²) in [5.41, 5.74) is 5.56. The van der Waals surface area contributed by atoms with Crippen molar-refractivity contribution in [2.75, 3.05) is 17.8 Å². The van der Waals surface area contributed by atoms with E-state index in [1.54, 1.807) is 6.66 Å². The minimum Gasteiger partial charge on any atom is -0.379 e. The van der Waals surface area contributed by atoms with Gasteiger partial charge in [0.25, 0.3) is 0 Å². The van der Waals surface area contributed by atoms with E-state index < -0.39 is 7.14 Å². The van der Waals surface area contributed by atoms with Crippen LogP contribution in [0.15, 0.2) is 0 Å². The molecule has 6 heteroatoms. The Bertz CT molecular complexity index is 175. The summed E-state index contributed by atoms with van der Waals surface area (Å²) in [5, 5.41) is 6.82. The molecule has 0 aromatic carbocycles. The number of nitrogens with two attached hydrogens (primary N) is 1. The molecule has 1 atom stereocenters. The van der Waals surface area contributed by atoms with Gasteiger partial charge in [-0.3, -0.25) is 5.41 Å². The zero-order valence-electron chi connectivity index (χ0n) is 5.63. The Morgan fingerprint density at radius 1 is 1.90 bits per heavy atom. The molecule has 0 saturated carbocycles. The molecule has 3 nitrogen and oxygen atoms in total. The molecule has 0 aliphatic carbocycles. The van der Waals surface area contributed by atoms with E-state index in [2.05, 4.69) is 0 Å². The van der Waals surface area contributed by atoms with Gasteiger partial charge in [0.05, 0.1) is 11.1 Å². The second-order valence-electron chi connectivity index (χ2n) is 2.05. The lowest BCUT2D eigenvalue weighted by molar-refractivity contribution is 0.584. The molecule has 10 heavy (non-hydrogen) atoms. The summed E-state index contributed by atoms with van der Waals surface area (Å²) in [7, 11) is -2.22. The smallest absolute Gasteiger partial charge is 0.151 e. The molecule has 0 aromatic heterocycles. The minimum absolute atomic E-state index is 0.00723. The topological polar surface area (TPSA) is 66.9 Å². The summed E-state index contributed by atoms with van der Waals surface area (Å²) in [4.78, 5) is 0. The largest absolute Gasteiger partial charge is 0.379 e. The van der Waals surface area contributed by atoms with Crippen molar-refractivity contribution in [2.45, 2.75) is 0 Å². The van der Waals surface area contributed by atoms with E-state index in [1.807, 2.05) is 0 Å². The molecule has 0 aliphatic heterocycles. The third kappa shape index (κ3) is 5.15. The SMILES string of the molecule is C[P@](=O)(CCl)CSC(=N)N. The number of rotatable bonds is 3. The van der Waals surface area contributed by atoms with Crippen LogP contribution in [0.25, 0.3) is 0 Å². The zero-order chi connectivity index (χ0) is 8.20. The Hall–Kier alpha value is 0.340. The van der Waals surface area contributed by atoms with Gasteiger partial charge in [-0.05, 0) is 6.66 Å². The van der Waals surface area contributed by atoms with Gasteiger partial charge in [0, 0.05) is 0 Å². The molecule has 60 valence electrons. The first-order valence-electron chi connectivity index (χ1n) is 2.56. The highest BCUT2D eigenvalue weighted by Crippen LogP contribution is 2.45. The van der Waals surface area contributed by atoms with Gasteiger partial charge < -0.3 is 10.3 Å². The summed E-state index contributed by atoms with van der Waals surface area (Å²) in [6.45, 7) is 1.61. The molecule has 0 amide bonds. The third-order valence-electron chi connectivity index (χ3n) is 0.746. The molecule has 0 aromatic rings. The van der Waals surface area contributed by atoms with E-state index in [4.69, 9.17) is 22.7 Å². The highest BCUT2D eigenvalue weighted by molar-refractivity contribution is 8.17. The lowest BCUT2D eigenvalue weighted by Gasteiger charge is -2.06. The van der Waals surface area contributed by atoms with E-state index in [0.717, 1.165) is 11.8 Å². The fraction of sp³-hybridized carbons (Fsp3) is 0.750. The molecule has 0 saturated heterocycles. The maximum absolute atomic E-state index is 11.2. The van der Waals surface area contributed by atoms with Crippen LogP contribution < -0.4 is 5.73 Å². The minimum atomic E-state index is -2.22. The molecule has 0 fully saturated rings. The summed E-state index contributed by atoms with van der Waals surface area (Å²) in [6.07, 6.45) is 0. The van der Waals surface area contributed by atoms with Crippen LogP contribution in [0.5, 0.6) is 0 Å². The number of hydrogen-bond donors (Lipinski definition) is 2. The van der Waals surface area contributed by atoms with Crippen LogP contribution in [-0.2, 0) is 4.57 Å². The van der Waals surface area contributed by atoms with Crippen molar-refractivity contribution in [1.82, 2.24) is 0 Å². The van der Waals surface area contributed by atoms with Crippen LogP contribution in [0.1, 0.15) is 0 Å². The second kappa shape index (κ2) is 4.27. The van der Waals surface area contributed by atoms with E-state index in [1.165, 1.54) is 0 Å². The Balaban J connectivity index is 3.68. The summed E-state index contributed by atoms with van der Waals surface area (Å²) in [5.74, 6) is 0. The highest BCUT2D eigenvalue weighted by Gasteiger charge is 2.13. The number of hydrogen-bond acceptors (Lipinski definition) is 3. The van der Waals surface area contributed by atoms with Gasteiger partial charge >= 0.3 is 0 Å². The molecule has 0 spiro atoms. The van der Waals surface area contributed by atoms with E-state index in [9.17, 15) is 4.57 Å². The first-order chi connectivity index (χ1) is 4.48. The Labute approximate surface area is 69.6 Å². The Morgan fingerprint density at radius 3 is 2.70 bits per heavy atom. The number of amidine groups is 1. The lowest BCUT2D eigenvalue weighted by atomic mass is 11.4. The number of halogens is 1. The van der Waals surface area contributed by atoms with Crippen molar-refractivity contribution in [3.63, 3.8) is 0 Å². The van der Waals surface area contributed by atoms with Crippen LogP contribution in [0.2, 0.25) is 0 Å². The van der Waals surface area contributed by atoms with Crippen molar-refractivity contribution in [1.29, 1.82) is 5.41 Å². The third-order valence-corrected chi connectivity index (χ3v) is 5.78. The zero-order valence-corrected chi connectivity index (χ0v) is 8.10. The average molecular weight is 201 g/mol. The van der Waals surface area contributed by atoms with Gasteiger partial charge in [-0.15, -0.1) is 11.6 Å². The van der Waals surface area contributed by atoms with Gasteiger partial charge in [0.15, 0.2) is 5.17 Å². The monoisotopic (exact) mass is 200 g/mol. The molecule has 0 radical (unpaired) electrons. The van der Waals surface area contributed by atoms with E-state index in [-0.39, 0.29) is 10.8 Å². The van der Waals surface area contributed by atoms with Gasteiger partial charge in [0.2, 0.25) is 0 Å². The maximum Gasteiger partial charge on any atom is 0.151 e. The normalized spacial score (nSPS) is 16.2. The predicted octanol–water partition coefficient (Wildman–Crippen LogP) is 1.76. The van der Waals surface area contributed by atoms with Crippen LogP contribution in [-0.4, -0.2) is 22.9 Å². The fourth-order valence-corrected chi connectivity index (χ4v) is 2.79. The highest BCUT2D eigenvalue weighted by atomic mass is 35.5. The Kier molecular flexibility index (Phi) is 4.41. The van der Waals surface area contributed by atoms with Crippen LogP contribution in [0, 0.1) is 5.41 Å². The molecular formula is C4H10ClN2OPS. The summed E-state index contributed by atoms with van der Waals surface area (Å²) in [6, 6.07) is 0.